The van der Waals surface area contributed by atoms with Crippen LogP contribution in [0.1, 0.15) is 37.2 Å². The molecule has 0 aromatic carbocycles. The molecule has 0 spiro atoms. The number of H-pyrrole nitrogens is 1. The number of aliphatic carboxylic acids is 1. The van der Waals surface area contributed by atoms with Crippen molar-refractivity contribution in [1.29, 1.82) is 0 Å². The van der Waals surface area contributed by atoms with Gasteiger partial charge in [0.15, 0.2) is 0 Å². The lowest BCUT2D eigenvalue weighted by Crippen LogP contribution is -2.49. The molecule has 3 N–H and O–H groups in total. The van der Waals surface area contributed by atoms with Gasteiger partial charge in [-0.25, -0.2) is 0 Å². The van der Waals surface area contributed by atoms with E-state index in [0.717, 1.165) is 37.1 Å². The first-order valence-electron chi connectivity index (χ1n) is 7.99. The second kappa shape index (κ2) is 6.01. The number of carbonyl (C=O) groups is 1. The first kappa shape index (κ1) is 14.8. The van der Waals surface area contributed by atoms with Crippen LogP contribution < -0.4 is 5.32 Å². The van der Waals surface area contributed by atoms with Crippen LogP contribution in [0.25, 0.3) is 10.7 Å². The number of piperidine rings is 1. The van der Waals surface area contributed by atoms with Gasteiger partial charge in [-0.1, -0.05) is 0 Å². The molecule has 1 saturated carbocycles. The van der Waals surface area contributed by atoms with Crippen molar-refractivity contribution in [3.05, 3.63) is 17.0 Å². The summed E-state index contributed by atoms with van der Waals surface area (Å²) in [6, 6.07) is 1.77. The van der Waals surface area contributed by atoms with Crippen LogP contribution in [0.2, 0.25) is 0 Å². The van der Waals surface area contributed by atoms with E-state index in [1.165, 1.54) is 5.56 Å². The first-order valence-corrected chi connectivity index (χ1v) is 8.87. The molecule has 4 rings (SSSR count). The fourth-order valence-corrected chi connectivity index (χ4v) is 5.03. The molecular weight excluding hydrogens is 314 g/mol. The fraction of sp³-hybridized carbons (Fsp3) is 0.600. The van der Waals surface area contributed by atoms with Crippen LogP contribution >= 0.6 is 11.3 Å². The van der Waals surface area contributed by atoms with Crippen molar-refractivity contribution in [3.8, 4) is 10.7 Å². The lowest BCUT2D eigenvalue weighted by molar-refractivity contribution is -0.141. The molecule has 2 fully saturated rings. The number of tetrazole rings is 1. The van der Waals surface area contributed by atoms with Crippen LogP contribution in [0.5, 0.6) is 0 Å². The van der Waals surface area contributed by atoms with Crippen molar-refractivity contribution >= 4 is 17.3 Å². The highest BCUT2D eigenvalue weighted by Crippen LogP contribution is 2.46. The first-order chi connectivity index (χ1) is 11.2. The number of rotatable bonds is 3. The summed E-state index contributed by atoms with van der Waals surface area (Å²) in [5, 5.41) is 28.9. The summed E-state index contributed by atoms with van der Waals surface area (Å²) in [6.07, 6.45) is 4.08. The number of aromatic amines is 1. The maximum atomic E-state index is 11.3. The van der Waals surface area contributed by atoms with Crippen molar-refractivity contribution in [1.82, 2.24) is 25.9 Å². The zero-order chi connectivity index (χ0) is 15.8. The van der Waals surface area contributed by atoms with Crippen LogP contribution in [0.15, 0.2) is 11.4 Å². The number of carboxylic acid groups (broad SMARTS) is 1. The van der Waals surface area contributed by atoms with E-state index in [0.29, 0.717) is 23.6 Å². The van der Waals surface area contributed by atoms with Crippen LogP contribution in [0.3, 0.4) is 0 Å². The molecule has 122 valence electrons. The van der Waals surface area contributed by atoms with E-state index in [4.69, 9.17) is 0 Å². The molecule has 1 aliphatic carbocycles. The fourth-order valence-electron chi connectivity index (χ4n) is 4.11. The van der Waals surface area contributed by atoms with E-state index < -0.39 is 12.0 Å². The van der Waals surface area contributed by atoms with Gasteiger partial charge in [0, 0.05) is 0 Å². The molecule has 2 aromatic rings. The molecule has 0 unspecified atom stereocenters. The van der Waals surface area contributed by atoms with Crippen molar-refractivity contribution in [3.63, 3.8) is 0 Å². The third kappa shape index (κ3) is 2.76. The normalized spacial score (nSPS) is 30.8. The van der Waals surface area contributed by atoms with Crippen LogP contribution in [0, 0.1) is 11.8 Å². The van der Waals surface area contributed by atoms with Crippen molar-refractivity contribution < 1.29 is 9.90 Å². The minimum Gasteiger partial charge on any atom is -0.480 e. The lowest BCUT2D eigenvalue weighted by atomic mass is 9.68. The number of aromatic nitrogens is 4. The summed E-state index contributed by atoms with van der Waals surface area (Å²) >= 11 is 1.64. The molecule has 8 heteroatoms. The minimum atomic E-state index is -0.728. The van der Waals surface area contributed by atoms with Gasteiger partial charge in [0.25, 0.3) is 0 Å². The van der Waals surface area contributed by atoms with Crippen LogP contribution in [0.4, 0.5) is 0 Å². The quantitative estimate of drug-likeness (QED) is 0.792. The Morgan fingerprint density at radius 3 is 3.00 bits per heavy atom. The van der Waals surface area contributed by atoms with Crippen molar-refractivity contribution in [2.45, 2.75) is 37.6 Å². The Morgan fingerprint density at radius 1 is 1.30 bits per heavy atom. The molecule has 2 aromatic heterocycles. The number of hydrogen-bond donors (Lipinski definition) is 3. The topological polar surface area (TPSA) is 104 Å². The maximum Gasteiger partial charge on any atom is 0.320 e. The van der Waals surface area contributed by atoms with Gasteiger partial charge < -0.3 is 10.4 Å². The van der Waals surface area contributed by atoms with Crippen LogP contribution in [-0.2, 0) is 4.79 Å². The van der Waals surface area contributed by atoms with Crippen molar-refractivity contribution in [2.75, 3.05) is 6.54 Å². The molecule has 1 saturated heterocycles. The average molecular weight is 333 g/mol. The Kier molecular flexibility index (Phi) is 3.86. The Hall–Kier alpha value is -1.80. The molecule has 0 radical (unpaired) electrons. The summed E-state index contributed by atoms with van der Waals surface area (Å²) in [4.78, 5) is 12.3. The third-order valence-electron chi connectivity index (χ3n) is 5.29. The van der Waals surface area contributed by atoms with Gasteiger partial charge in [0.2, 0.25) is 5.82 Å². The smallest absolute Gasteiger partial charge is 0.320 e. The number of carboxylic acids is 1. The number of thiophene rings is 1. The molecule has 2 aliphatic rings. The molecule has 0 amide bonds. The van der Waals surface area contributed by atoms with Crippen molar-refractivity contribution in [2.24, 2.45) is 11.8 Å². The summed E-state index contributed by atoms with van der Waals surface area (Å²) in [5.41, 5.74) is 1.29. The average Bonchev–Trinajstić information content (AvgIpc) is 3.24. The third-order valence-corrected chi connectivity index (χ3v) is 6.21. The molecule has 23 heavy (non-hydrogen) atoms. The highest BCUT2D eigenvalue weighted by molar-refractivity contribution is 7.13. The van der Waals surface area contributed by atoms with Gasteiger partial charge >= 0.3 is 5.97 Å². The Bertz CT molecular complexity index is 686. The van der Waals surface area contributed by atoms with E-state index in [9.17, 15) is 9.90 Å². The summed E-state index contributed by atoms with van der Waals surface area (Å²) in [5.74, 6) is 1.48. The predicted octanol–water partition coefficient (Wildman–Crippen LogP) is 1.87. The lowest BCUT2D eigenvalue weighted by Gasteiger charge is -2.41. The molecule has 0 bridgehead atoms. The molecule has 4 atom stereocenters. The van der Waals surface area contributed by atoms with Gasteiger partial charge in [0.05, 0.1) is 4.88 Å². The Labute approximate surface area is 137 Å². The van der Waals surface area contributed by atoms with E-state index >= 15 is 0 Å². The largest absolute Gasteiger partial charge is 0.480 e. The molecule has 3 heterocycles. The summed E-state index contributed by atoms with van der Waals surface area (Å²) < 4.78 is 0. The highest BCUT2D eigenvalue weighted by atomic mass is 32.1. The van der Waals surface area contributed by atoms with E-state index in [1.54, 1.807) is 11.3 Å². The Morgan fingerprint density at radius 2 is 2.22 bits per heavy atom. The van der Waals surface area contributed by atoms with Gasteiger partial charge in [-0.3, -0.25) is 4.79 Å². The summed E-state index contributed by atoms with van der Waals surface area (Å²) in [6.45, 7) is 0.829. The minimum absolute atomic E-state index is 0.394. The molecular formula is C15H19N5O2S. The SMILES string of the molecule is O=C(O)[C@@H]1C[C@H]2C[C@@H](c3ccsc3-c3nn[nH]n3)CC[C@H]2CN1. The van der Waals surface area contributed by atoms with E-state index in [1.807, 2.05) is 0 Å². The van der Waals surface area contributed by atoms with E-state index in [2.05, 4.69) is 37.4 Å². The van der Waals surface area contributed by atoms with Gasteiger partial charge in [0.1, 0.15) is 6.04 Å². The van der Waals surface area contributed by atoms with Gasteiger partial charge in [-0.15, -0.1) is 21.5 Å². The standard InChI is InChI=1S/C15H19N5O2S/c21-15(22)12-6-10-5-8(1-2-9(10)7-16-12)11-3-4-23-13(11)14-17-19-20-18-14/h3-4,8-10,12,16H,1-2,5-7H2,(H,21,22)(H,17,18,19,20)/t8-,9-,10+,12-/m0/s1. The monoisotopic (exact) mass is 333 g/mol. The van der Waals surface area contributed by atoms with Crippen LogP contribution in [-0.4, -0.2) is 44.3 Å². The highest BCUT2D eigenvalue weighted by Gasteiger charge is 2.38. The number of hydrogen-bond acceptors (Lipinski definition) is 6. The predicted molar refractivity (Wildman–Crippen MR) is 85.1 cm³/mol. The number of fused-ring (bicyclic) bond motifs is 1. The maximum absolute atomic E-state index is 11.3. The molecule has 1 aliphatic heterocycles. The zero-order valence-corrected chi connectivity index (χ0v) is 13.4. The number of nitrogens with zero attached hydrogens (tertiary/aromatic N) is 3. The van der Waals surface area contributed by atoms with Gasteiger partial charge in [-0.2, -0.15) is 5.21 Å². The Balaban J connectivity index is 1.53. The number of nitrogens with one attached hydrogen (secondary N) is 2. The van der Waals surface area contributed by atoms with E-state index in [-0.39, 0.29) is 0 Å². The second-order valence-electron chi connectivity index (χ2n) is 6.51. The summed E-state index contributed by atoms with van der Waals surface area (Å²) in [7, 11) is 0. The second-order valence-corrected chi connectivity index (χ2v) is 7.42. The molecule has 7 nitrogen and oxygen atoms in total. The van der Waals surface area contributed by atoms with Gasteiger partial charge in [-0.05, 0) is 72.2 Å². The zero-order valence-electron chi connectivity index (χ0n) is 12.6.